The molecular formula is C13H21N3O. The van der Waals surface area contributed by atoms with Gasteiger partial charge in [-0.2, -0.15) is 4.98 Å². The number of nitrogens with zero attached hydrogens (tertiary/aromatic N) is 2. The standard InChI is InChI=1S/C13H21N3O/c1-2-17-13-8-5-7-12(15-13)16-9-4-3-6-11(16)10-14/h5,7-8,11H,2-4,6,9-10,14H2,1H3. The van der Waals surface area contributed by atoms with E-state index in [0.29, 0.717) is 25.1 Å². The van der Waals surface area contributed by atoms with Crippen LogP contribution in [-0.2, 0) is 0 Å². The number of hydrogen-bond donors (Lipinski definition) is 1. The molecule has 4 heteroatoms. The Bertz CT molecular complexity index is 356. The van der Waals surface area contributed by atoms with Crippen molar-refractivity contribution in [2.75, 3.05) is 24.6 Å². The van der Waals surface area contributed by atoms with Crippen molar-refractivity contribution in [3.63, 3.8) is 0 Å². The zero-order valence-electron chi connectivity index (χ0n) is 10.4. The maximum absolute atomic E-state index is 5.83. The second-order valence-electron chi connectivity index (χ2n) is 4.35. The van der Waals surface area contributed by atoms with Crippen molar-refractivity contribution in [3.05, 3.63) is 18.2 Å². The van der Waals surface area contributed by atoms with Crippen LogP contribution in [0.4, 0.5) is 5.82 Å². The zero-order valence-corrected chi connectivity index (χ0v) is 10.4. The van der Waals surface area contributed by atoms with Gasteiger partial charge in [-0.15, -0.1) is 0 Å². The third-order valence-corrected chi connectivity index (χ3v) is 3.19. The quantitative estimate of drug-likeness (QED) is 0.864. The molecule has 1 aromatic heterocycles. The lowest BCUT2D eigenvalue weighted by molar-refractivity contribution is 0.326. The first kappa shape index (κ1) is 12.2. The maximum atomic E-state index is 5.83. The molecule has 0 aromatic carbocycles. The highest BCUT2D eigenvalue weighted by Gasteiger charge is 2.22. The topological polar surface area (TPSA) is 51.4 Å². The second kappa shape index (κ2) is 5.87. The van der Waals surface area contributed by atoms with Gasteiger partial charge in [-0.1, -0.05) is 6.07 Å². The van der Waals surface area contributed by atoms with Crippen LogP contribution in [0.25, 0.3) is 0 Å². The van der Waals surface area contributed by atoms with Gasteiger partial charge >= 0.3 is 0 Å². The molecule has 0 bridgehead atoms. The maximum Gasteiger partial charge on any atom is 0.215 e. The first-order valence-corrected chi connectivity index (χ1v) is 6.41. The molecule has 1 fully saturated rings. The van der Waals surface area contributed by atoms with Gasteiger partial charge in [0.1, 0.15) is 5.82 Å². The molecule has 1 unspecified atom stereocenters. The van der Waals surface area contributed by atoms with Gasteiger partial charge in [0.15, 0.2) is 0 Å². The van der Waals surface area contributed by atoms with Crippen molar-refractivity contribution >= 4 is 5.82 Å². The van der Waals surface area contributed by atoms with Crippen LogP contribution in [0, 0.1) is 0 Å². The van der Waals surface area contributed by atoms with E-state index in [9.17, 15) is 0 Å². The summed E-state index contributed by atoms with van der Waals surface area (Å²) in [5.41, 5.74) is 5.83. The summed E-state index contributed by atoms with van der Waals surface area (Å²) in [6, 6.07) is 6.36. The number of nitrogens with two attached hydrogens (primary N) is 1. The molecule has 0 aliphatic carbocycles. The van der Waals surface area contributed by atoms with Gasteiger partial charge in [-0.05, 0) is 32.3 Å². The Morgan fingerprint density at radius 3 is 3.12 bits per heavy atom. The lowest BCUT2D eigenvalue weighted by Crippen LogP contribution is -2.44. The highest BCUT2D eigenvalue weighted by atomic mass is 16.5. The number of anilines is 1. The first-order valence-electron chi connectivity index (χ1n) is 6.41. The highest BCUT2D eigenvalue weighted by molar-refractivity contribution is 5.42. The Hall–Kier alpha value is -1.29. The van der Waals surface area contributed by atoms with Gasteiger partial charge in [-0.3, -0.25) is 0 Å². The molecule has 94 valence electrons. The zero-order chi connectivity index (χ0) is 12.1. The van der Waals surface area contributed by atoms with Crippen molar-refractivity contribution < 1.29 is 4.74 Å². The molecule has 2 rings (SSSR count). The second-order valence-corrected chi connectivity index (χ2v) is 4.35. The summed E-state index contributed by atoms with van der Waals surface area (Å²) in [6.07, 6.45) is 3.65. The molecule has 1 aliphatic rings. The van der Waals surface area contributed by atoms with E-state index in [0.717, 1.165) is 18.8 Å². The number of piperidine rings is 1. The van der Waals surface area contributed by atoms with Crippen molar-refractivity contribution in [1.29, 1.82) is 0 Å². The van der Waals surface area contributed by atoms with Crippen LogP contribution in [0.5, 0.6) is 5.88 Å². The van der Waals surface area contributed by atoms with Gasteiger partial charge < -0.3 is 15.4 Å². The fourth-order valence-corrected chi connectivity index (χ4v) is 2.34. The van der Waals surface area contributed by atoms with Crippen LogP contribution < -0.4 is 15.4 Å². The van der Waals surface area contributed by atoms with Crippen molar-refractivity contribution in [3.8, 4) is 5.88 Å². The Labute approximate surface area is 103 Å². The molecule has 1 atom stereocenters. The summed E-state index contributed by atoms with van der Waals surface area (Å²) in [5, 5.41) is 0. The lowest BCUT2D eigenvalue weighted by atomic mass is 10.0. The normalized spacial score (nSPS) is 20.4. The minimum Gasteiger partial charge on any atom is -0.478 e. The summed E-state index contributed by atoms with van der Waals surface area (Å²) in [6.45, 7) is 4.36. The summed E-state index contributed by atoms with van der Waals surface area (Å²) in [5.74, 6) is 1.69. The molecule has 2 heterocycles. The minimum absolute atomic E-state index is 0.424. The summed E-state index contributed by atoms with van der Waals surface area (Å²) in [7, 11) is 0. The van der Waals surface area contributed by atoms with Crippen molar-refractivity contribution in [2.45, 2.75) is 32.2 Å². The van der Waals surface area contributed by atoms with Gasteiger partial charge in [0.05, 0.1) is 6.61 Å². The van der Waals surface area contributed by atoms with Crippen LogP contribution in [0.15, 0.2) is 18.2 Å². The monoisotopic (exact) mass is 235 g/mol. The predicted molar refractivity (Wildman–Crippen MR) is 69.4 cm³/mol. The lowest BCUT2D eigenvalue weighted by Gasteiger charge is -2.36. The molecule has 1 saturated heterocycles. The molecule has 0 amide bonds. The van der Waals surface area contributed by atoms with Crippen molar-refractivity contribution in [2.24, 2.45) is 5.73 Å². The smallest absolute Gasteiger partial charge is 0.215 e. The third-order valence-electron chi connectivity index (χ3n) is 3.19. The van der Waals surface area contributed by atoms with E-state index in [2.05, 4.69) is 9.88 Å². The van der Waals surface area contributed by atoms with E-state index < -0.39 is 0 Å². The van der Waals surface area contributed by atoms with Crippen LogP contribution >= 0.6 is 0 Å². The Morgan fingerprint density at radius 1 is 1.47 bits per heavy atom. The fraction of sp³-hybridized carbons (Fsp3) is 0.615. The Morgan fingerprint density at radius 2 is 2.35 bits per heavy atom. The first-order chi connectivity index (χ1) is 8.35. The summed E-state index contributed by atoms with van der Waals surface area (Å²) in [4.78, 5) is 6.84. The average molecular weight is 235 g/mol. The van der Waals surface area contributed by atoms with E-state index in [4.69, 9.17) is 10.5 Å². The molecule has 0 radical (unpaired) electrons. The van der Waals surface area contributed by atoms with Gasteiger partial charge in [0, 0.05) is 25.2 Å². The van der Waals surface area contributed by atoms with E-state index in [1.807, 2.05) is 25.1 Å². The Balaban J connectivity index is 2.16. The fourth-order valence-electron chi connectivity index (χ4n) is 2.34. The van der Waals surface area contributed by atoms with Crippen LogP contribution in [0.2, 0.25) is 0 Å². The number of aromatic nitrogens is 1. The van der Waals surface area contributed by atoms with E-state index >= 15 is 0 Å². The van der Waals surface area contributed by atoms with Crippen molar-refractivity contribution in [1.82, 2.24) is 4.98 Å². The van der Waals surface area contributed by atoms with E-state index in [1.54, 1.807) is 0 Å². The molecule has 4 nitrogen and oxygen atoms in total. The van der Waals surface area contributed by atoms with E-state index in [-0.39, 0.29) is 0 Å². The number of hydrogen-bond acceptors (Lipinski definition) is 4. The van der Waals surface area contributed by atoms with E-state index in [1.165, 1.54) is 12.8 Å². The number of ether oxygens (including phenoxy) is 1. The SMILES string of the molecule is CCOc1cccc(N2CCCCC2CN)n1. The van der Waals surface area contributed by atoms with Gasteiger partial charge in [0.2, 0.25) is 5.88 Å². The largest absolute Gasteiger partial charge is 0.478 e. The van der Waals surface area contributed by atoms with Gasteiger partial charge in [0.25, 0.3) is 0 Å². The van der Waals surface area contributed by atoms with Crippen LogP contribution in [0.3, 0.4) is 0 Å². The number of rotatable bonds is 4. The van der Waals surface area contributed by atoms with Gasteiger partial charge in [-0.25, -0.2) is 0 Å². The molecule has 1 aromatic rings. The summed E-state index contributed by atoms with van der Waals surface area (Å²) < 4.78 is 5.44. The number of pyridine rings is 1. The molecule has 0 saturated carbocycles. The average Bonchev–Trinajstić information content (AvgIpc) is 2.39. The minimum atomic E-state index is 0.424. The highest BCUT2D eigenvalue weighted by Crippen LogP contribution is 2.24. The molecule has 2 N–H and O–H groups in total. The molecular weight excluding hydrogens is 214 g/mol. The third kappa shape index (κ3) is 2.88. The Kier molecular flexibility index (Phi) is 4.20. The molecule has 1 aliphatic heterocycles. The predicted octanol–water partition coefficient (Wildman–Crippen LogP) is 1.80. The van der Waals surface area contributed by atoms with Crippen LogP contribution in [0.1, 0.15) is 26.2 Å². The summed E-state index contributed by atoms with van der Waals surface area (Å²) >= 11 is 0. The van der Waals surface area contributed by atoms with Crippen LogP contribution in [-0.4, -0.2) is 30.7 Å². The molecule has 0 spiro atoms. The molecule has 17 heavy (non-hydrogen) atoms.